The van der Waals surface area contributed by atoms with Gasteiger partial charge in [-0.2, -0.15) is 0 Å². The highest BCUT2D eigenvalue weighted by Gasteiger charge is 2.17. The Morgan fingerprint density at radius 2 is 1.95 bits per heavy atom. The van der Waals surface area contributed by atoms with E-state index in [-0.39, 0.29) is 21.9 Å². The van der Waals surface area contributed by atoms with Crippen molar-refractivity contribution in [3.63, 3.8) is 0 Å². The van der Waals surface area contributed by atoms with Crippen LogP contribution in [0.1, 0.15) is 30.4 Å². The Morgan fingerprint density at radius 3 is 2.57 bits per heavy atom. The van der Waals surface area contributed by atoms with Gasteiger partial charge in [0, 0.05) is 18.3 Å². The molecule has 4 nitrogen and oxygen atoms in total. The summed E-state index contributed by atoms with van der Waals surface area (Å²) >= 11 is 2.88. The number of hydrogen-bond acceptors (Lipinski definition) is 2. The first kappa shape index (κ1) is 15.5. The van der Waals surface area contributed by atoms with Crippen molar-refractivity contribution in [1.82, 2.24) is 4.57 Å². The molecule has 0 saturated carbocycles. The topological polar surface area (TPSA) is 60.0 Å². The Bertz CT molecular complexity index is 698. The van der Waals surface area contributed by atoms with Crippen LogP contribution in [0.3, 0.4) is 0 Å². The second-order valence-corrected chi connectivity index (χ2v) is 5.71. The summed E-state index contributed by atoms with van der Waals surface area (Å²) in [6.07, 6.45) is 1.62. The van der Waals surface area contributed by atoms with E-state index in [2.05, 4.69) is 21.2 Å². The number of rotatable bonds is 3. The minimum atomic E-state index is -0.729. The van der Waals surface area contributed by atoms with Crippen LogP contribution in [0.5, 0.6) is 0 Å². The molecule has 0 spiro atoms. The number of carbonyl (C=O) groups excluding carboxylic acids is 1. The number of benzene rings is 1. The molecule has 7 heteroatoms. The van der Waals surface area contributed by atoms with Gasteiger partial charge in [-0.3, -0.25) is 4.79 Å². The van der Waals surface area contributed by atoms with Crippen molar-refractivity contribution in [3.05, 3.63) is 46.2 Å². The summed E-state index contributed by atoms with van der Waals surface area (Å²) < 4.78 is 28.8. The molecule has 1 heterocycles. The van der Waals surface area contributed by atoms with Gasteiger partial charge < -0.3 is 15.6 Å². The van der Waals surface area contributed by atoms with Crippen LogP contribution < -0.4 is 11.1 Å². The number of nitrogen functional groups attached to an aromatic ring is 1. The van der Waals surface area contributed by atoms with Crippen LogP contribution in [0.4, 0.5) is 20.2 Å². The van der Waals surface area contributed by atoms with Crippen LogP contribution in [0, 0.1) is 11.6 Å². The number of aromatic nitrogens is 1. The minimum Gasteiger partial charge on any atom is -0.397 e. The molecule has 2 aromatic rings. The molecular weight excluding hydrogens is 344 g/mol. The summed E-state index contributed by atoms with van der Waals surface area (Å²) in [5.74, 6) is -1.95. The van der Waals surface area contributed by atoms with Gasteiger partial charge in [0.1, 0.15) is 17.3 Å². The Kier molecular flexibility index (Phi) is 4.32. The Morgan fingerprint density at radius 1 is 1.29 bits per heavy atom. The first-order valence-corrected chi connectivity index (χ1v) is 7.02. The maximum Gasteiger partial charge on any atom is 0.272 e. The number of anilines is 2. The highest BCUT2D eigenvalue weighted by atomic mass is 79.9. The second-order valence-electron chi connectivity index (χ2n) is 4.86. The summed E-state index contributed by atoms with van der Waals surface area (Å²) in [5.41, 5.74) is 6.16. The second kappa shape index (κ2) is 5.85. The lowest BCUT2D eigenvalue weighted by atomic mass is 10.2. The summed E-state index contributed by atoms with van der Waals surface area (Å²) in [6.45, 7) is 3.77. The highest BCUT2D eigenvalue weighted by molar-refractivity contribution is 9.10. The van der Waals surface area contributed by atoms with E-state index >= 15 is 0 Å². The quantitative estimate of drug-likeness (QED) is 0.817. The number of nitrogens with two attached hydrogens (primary N) is 1. The Balaban J connectivity index is 2.33. The van der Waals surface area contributed by atoms with Gasteiger partial charge in [-0.15, -0.1) is 0 Å². The molecule has 0 unspecified atom stereocenters. The molecule has 112 valence electrons. The highest BCUT2D eigenvalue weighted by Crippen LogP contribution is 2.24. The Labute approximate surface area is 129 Å². The smallest absolute Gasteiger partial charge is 0.272 e. The third kappa shape index (κ3) is 3.24. The number of nitrogens with one attached hydrogen (secondary N) is 1. The molecule has 0 bridgehead atoms. The number of amides is 1. The molecule has 0 fully saturated rings. The number of carbonyl (C=O) groups is 1. The zero-order chi connectivity index (χ0) is 15.7. The summed E-state index contributed by atoms with van der Waals surface area (Å²) in [6, 6.07) is 3.38. The normalized spacial score (nSPS) is 11.0. The van der Waals surface area contributed by atoms with E-state index in [1.807, 2.05) is 13.8 Å². The summed E-state index contributed by atoms with van der Waals surface area (Å²) in [5, 5.41) is 2.35. The molecule has 21 heavy (non-hydrogen) atoms. The van der Waals surface area contributed by atoms with Gasteiger partial charge in [0.15, 0.2) is 0 Å². The number of nitrogens with zero attached hydrogens (tertiary/aromatic N) is 1. The van der Waals surface area contributed by atoms with Crippen LogP contribution in [0.25, 0.3) is 0 Å². The molecular formula is C14H14BrF2N3O. The van der Waals surface area contributed by atoms with Gasteiger partial charge in [-0.1, -0.05) is 0 Å². The summed E-state index contributed by atoms with van der Waals surface area (Å²) in [7, 11) is 0. The van der Waals surface area contributed by atoms with Gasteiger partial charge in [0.2, 0.25) is 0 Å². The first-order valence-electron chi connectivity index (χ1n) is 6.23. The average Bonchev–Trinajstić information content (AvgIpc) is 2.78. The van der Waals surface area contributed by atoms with Gasteiger partial charge >= 0.3 is 0 Å². The third-order valence-corrected chi connectivity index (χ3v) is 3.52. The van der Waals surface area contributed by atoms with E-state index in [4.69, 9.17) is 5.73 Å². The van der Waals surface area contributed by atoms with Crippen molar-refractivity contribution in [3.8, 4) is 0 Å². The molecule has 1 aromatic heterocycles. The van der Waals surface area contributed by atoms with Crippen LogP contribution in [0.15, 0.2) is 28.9 Å². The predicted molar refractivity (Wildman–Crippen MR) is 81.2 cm³/mol. The molecule has 0 saturated heterocycles. The molecule has 3 N–H and O–H groups in total. The maximum atomic E-state index is 13.7. The fraction of sp³-hybridized carbons (Fsp3) is 0.214. The zero-order valence-electron chi connectivity index (χ0n) is 11.5. The van der Waals surface area contributed by atoms with E-state index in [9.17, 15) is 13.6 Å². The average molecular weight is 358 g/mol. The molecule has 1 aromatic carbocycles. The molecule has 2 rings (SSSR count). The third-order valence-electron chi connectivity index (χ3n) is 2.92. The fourth-order valence-corrected chi connectivity index (χ4v) is 2.23. The number of hydrogen-bond donors (Lipinski definition) is 2. The lowest BCUT2D eigenvalue weighted by molar-refractivity contribution is 0.101. The minimum absolute atomic E-state index is 0.00667. The molecule has 1 amide bonds. The number of halogens is 3. The van der Waals surface area contributed by atoms with Gasteiger partial charge in [0.25, 0.3) is 5.91 Å². The van der Waals surface area contributed by atoms with Gasteiger partial charge in [-0.05, 0) is 41.9 Å². The van der Waals surface area contributed by atoms with Crippen molar-refractivity contribution < 1.29 is 13.6 Å². The van der Waals surface area contributed by atoms with E-state index in [0.29, 0.717) is 5.69 Å². The fourth-order valence-electron chi connectivity index (χ4n) is 1.91. The van der Waals surface area contributed by atoms with Gasteiger partial charge in [-0.25, -0.2) is 8.78 Å². The van der Waals surface area contributed by atoms with Crippen LogP contribution in [-0.2, 0) is 0 Å². The first-order chi connectivity index (χ1) is 9.79. The van der Waals surface area contributed by atoms with E-state index < -0.39 is 17.5 Å². The molecule has 0 atom stereocenters. The summed E-state index contributed by atoms with van der Waals surface area (Å²) in [4.78, 5) is 12.2. The van der Waals surface area contributed by atoms with E-state index in [1.165, 1.54) is 6.07 Å². The standard InChI is InChI=1S/C14H14BrF2N3O/c1-7(2)20-6-8(18)3-13(20)14(21)19-12-5-10(16)9(15)4-11(12)17/h3-7H,18H2,1-2H3,(H,19,21). The van der Waals surface area contributed by atoms with Crippen LogP contribution >= 0.6 is 15.9 Å². The lowest BCUT2D eigenvalue weighted by Gasteiger charge is -2.13. The van der Waals surface area contributed by atoms with E-state index in [1.54, 1.807) is 10.8 Å². The molecule has 0 radical (unpaired) electrons. The predicted octanol–water partition coefficient (Wildman–Crippen LogP) is 3.94. The van der Waals surface area contributed by atoms with Gasteiger partial charge in [0.05, 0.1) is 15.8 Å². The molecule has 0 aliphatic rings. The van der Waals surface area contributed by atoms with Crippen molar-refractivity contribution in [2.24, 2.45) is 0 Å². The van der Waals surface area contributed by atoms with Crippen LogP contribution in [0.2, 0.25) is 0 Å². The lowest BCUT2D eigenvalue weighted by Crippen LogP contribution is -2.18. The molecule has 0 aliphatic carbocycles. The van der Waals surface area contributed by atoms with Crippen molar-refractivity contribution in [2.75, 3.05) is 11.1 Å². The SMILES string of the molecule is CC(C)n1cc(N)cc1C(=O)Nc1cc(F)c(Br)cc1F. The van der Waals surface area contributed by atoms with Crippen molar-refractivity contribution in [1.29, 1.82) is 0 Å². The van der Waals surface area contributed by atoms with E-state index in [0.717, 1.165) is 12.1 Å². The maximum absolute atomic E-state index is 13.7. The van der Waals surface area contributed by atoms with Crippen molar-refractivity contribution >= 4 is 33.2 Å². The van der Waals surface area contributed by atoms with Crippen LogP contribution in [-0.4, -0.2) is 10.5 Å². The zero-order valence-corrected chi connectivity index (χ0v) is 13.0. The monoisotopic (exact) mass is 357 g/mol. The van der Waals surface area contributed by atoms with Crippen molar-refractivity contribution in [2.45, 2.75) is 19.9 Å². The molecule has 0 aliphatic heterocycles. The Hall–Kier alpha value is -1.89. The largest absolute Gasteiger partial charge is 0.397 e.